The summed E-state index contributed by atoms with van der Waals surface area (Å²) in [5.41, 5.74) is 6.69. The van der Waals surface area contributed by atoms with Crippen LogP contribution in [0.5, 0.6) is 0 Å². The van der Waals surface area contributed by atoms with Crippen LogP contribution in [0.2, 0.25) is 5.31 Å². The summed E-state index contributed by atoms with van der Waals surface area (Å²) in [6.07, 6.45) is 0. The normalized spacial score (nSPS) is 11.5. The molecule has 15 heavy (non-hydrogen) atoms. The maximum Gasteiger partial charge on any atom is 0.332 e. The van der Waals surface area contributed by atoms with Crippen LogP contribution >= 0.6 is 0 Å². The van der Waals surface area contributed by atoms with Crippen molar-refractivity contribution >= 4 is 12.4 Å². The zero-order valence-corrected chi connectivity index (χ0v) is 9.86. The molecule has 2 N–H and O–H groups in total. The minimum atomic E-state index is 0.0938. The first kappa shape index (κ1) is 12.3. The number of hydrogen-bond donors (Lipinski definition) is 1. The number of hydrogen-bond acceptors (Lipinski definition) is 2. The molecule has 0 saturated carbocycles. The summed E-state index contributed by atoms with van der Waals surface area (Å²) in [5.74, 6) is 0. The lowest BCUT2D eigenvalue weighted by atomic mass is 9.44. The predicted octanol–water partition coefficient (Wildman–Crippen LogP) is 1.66. The molecular weight excluding hydrogens is 185 g/mol. The summed E-state index contributed by atoms with van der Waals surface area (Å²) in [6, 6.07) is 10.3. The third kappa shape index (κ3) is 3.69. The Morgan fingerprint density at radius 3 is 2.27 bits per heavy atom. The van der Waals surface area contributed by atoms with Crippen molar-refractivity contribution < 1.29 is 4.65 Å². The SMILES string of the molecule is CC(C)(C)B(OCCN)c1ccccc1. The average molecular weight is 205 g/mol. The van der Waals surface area contributed by atoms with E-state index >= 15 is 0 Å². The molecule has 0 heterocycles. The van der Waals surface area contributed by atoms with Gasteiger partial charge in [0.25, 0.3) is 0 Å². The highest BCUT2D eigenvalue weighted by Gasteiger charge is 2.32. The van der Waals surface area contributed by atoms with Gasteiger partial charge in [0.1, 0.15) is 0 Å². The van der Waals surface area contributed by atoms with E-state index in [9.17, 15) is 0 Å². The summed E-state index contributed by atoms with van der Waals surface area (Å²) in [4.78, 5) is 0. The number of rotatable bonds is 4. The molecule has 0 saturated heterocycles. The monoisotopic (exact) mass is 205 g/mol. The molecule has 0 aliphatic rings. The Balaban J connectivity index is 2.82. The second kappa shape index (κ2) is 5.33. The van der Waals surface area contributed by atoms with Gasteiger partial charge in [0.2, 0.25) is 0 Å². The molecule has 1 aromatic carbocycles. The Morgan fingerprint density at radius 1 is 1.20 bits per heavy atom. The minimum absolute atomic E-state index is 0.0938. The molecule has 1 aromatic rings. The Morgan fingerprint density at radius 2 is 1.80 bits per heavy atom. The lowest BCUT2D eigenvalue weighted by Crippen LogP contribution is -2.42. The lowest BCUT2D eigenvalue weighted by molar-refractivity contribution is 0.320. The Hall–Kier alpha value is -0.795. The van der Waals surface area contributed by atoms with Gasteiger partial charge in [-0.1, -0.05) is 51.1 Å². The third-order valence-corrected chi connectivity index (χ3v) is 2.29. The largest absolute Gasteiger partial charge is 0.429 e. The van der Waals surface area contributed by atoms with Crippen LogP contribution < -0.4 is 11.2 Å². The van der Waals surface area contributed by atoms with Crippen LogP contribution in [-0.2, 0) is 4.65 Å². The molecule has 0 atom stereocenters. The van der Waals surface area contributed by atoms with Crippen molar-refractivity contribution in [3.63, 3.8) is 0 Å². The molecule has 0 fully saturated rings. The van der Waals surface area contributed by atoms with Crippen LogP contribution in [0.4, 0.5) is 0 Å². The molecule has 0 radical (unpaired) electrons. The van der Waals surface area contributed by atoms with E-state index in [1.165, 1.54) is 5.46 Å². The minimum Gasteiger partial charge on any atom is -0.429 e. The Bertz CT molecular complexity index is 281. The summed E-state index contributed by atoms with van der Waals surface area (Å²) < 4.78 is 5.82. The molecule has 0 bridgehead atoms. The van der Waals surface area contributed by atoms with E-state index in [0.717, 1.165) is 0 Å². The molecule has 0 unspecified atom stereocenters. The highest BCUT2D eigenvalue weighted by Crippen LogP contribution is 2.27. The lowest BCUT2D eigenvalue weighted by Gasteiger charge is -2.27. The molecule has 2 nitrogen and oxygen atoms in total. The van der Waals surface area contributed by atoms with Crippen molar-refractivity contribution in [2.24, 2.45) is 5.73 Å². The first-order valence-electron chi connectivity index (χ1n) is 5.42. The van der Waals surface area contributed by atoms with Gasteiger partial charge < -0.3 is 10.4 Å². The topological polar surface area (TPSA) is 35.2 Å². The van der Waals surface area contributed by atoms with E-state index in [0.29, 0.717) is 13.2 Å². The van der Waals surface area contributed by atoms with Gasteiger partial charge in [-0.05, 0) is 10.8 Å². The first-order chi connectivity index (χ1) is 7.05. The van der Waals surface area contributed by atoms with E-state index in [2.05, 4.69) is 32.9 Å². The molecule has 82 valence electrons. The van der Waals surface area contributed by atoms with E-state index in [1.807, 2.05) is 18.2 Å². The second-order valence-corrected chi connectivity index (χ2v) is 4.82. The molecule has 0 aliphatic carbocycles. The zero-order chi connectivity index (χ0) is 11.3. The smallest absolute Gasteiger partial charge is 0.332 e. The van der Waals surface area contributed by atoms with Crippen molar-refractivity contribution in [2.75, 3.05) is 13.2 Å². The average Bonchev–Trinajstić information content (AvgIpc) is 2.18. The zero-order valence-electron chi connectivity index (χ0n) is 9.86. The van der Waals surface area contributed by atoms with Crippen LogP contribution in [0.1, 0.15) is 20.8 Å². The van der Waals surface area contributed by atoms with Crippen molar-refractivity contribution in [3.05, 3.63) is 30.3 Å². The third-order valence-electron chi connectivity index (χ3n) is 2.29. The maximum absolute atomic E-state index is 5.82. The van der Waals surface area contributed by atoms with Crippen LogP contribution in [0.25, 0.3) is 0 Å². The van der Waals surface area contributed by atoms with Crippen molar-refractivity contribution in [1.82, 2.24) is 0 Å². The van der Waals surface area contributed by atoms with E-state index in [1.54, 1.807) is 0 Å². The molecule has 0 spiro atoms. The van der Waals surface area contributed by atoms with E-state index < -0.39 is 0 Å². The van der Waals surface area contributed by atoms with Crippen LogP contribution in [-0.4, -0.2) is 20.1 Å². The van der Waals surface area contributed by atoms with E-state index in [4.69, 9.17) is 10.4 Å². The Labute approximate surface area is 92.9 Å². The summed E-state index contributed by atoms with van der Waals surface area (Å²) >= 11 is 0. The molecule has 0 aliphatic heterocycles. The van der Waals surface area contributed by atoms with Gasteiger partial charge in [0, 0.05) is 13.2 Å². The first-order valence-corrected chi connectivity index (χ1v) is 5.42. The number of benzene rings is 1. The molecular formula is C12H20BNO. The summed E-state index contributed by atoms with van der Waals surface area (Å²) in [7, 11) is 0. The highest BCUT2D eigenvalue weighted by atomic mass is 16.4. The fourth-order valence-electron chi connectivity index (χ4n) is 1.66. The number of nitrogens with two attached hydrogens (primary N) is 1. The maximum atomic E-state index is 5.82. The van der Waals surface area contributed by atoms with E-state index in [-0.39, 0.29) is 12.2 Å². The van der Waals surface area contributed by atoms with Gasteiger partial charge in [0.05, 0.1) is 0 Å². The predicted molar refractivity (Wildman–Crippen MR) is 66.6 cm³/mol. The Kier molecular flexibility index (Phi) is 4.36. The molecule has 1 rings (SSSR count). The molecule has 0 amide bonds. The van der Waals surface area contributed by atoms with Gasteiger partial charge in [-0.3, -0.25) is 0 Å². The van der Waals surface area contributed by atoms with Gasteiger partial charge in [-0.15, -0.1) is 0 Å². The highest BCUT2D eigenvalue weighted by molar-refractivity contribution is 6.70. The van der Waals surface area contributed by atoms with Gasteiger partial charge >= 0.3 is 6.92 Å². The van der Waals surface area contributed by atoms with Crippen molar-refractivity contribution in [3.8, 4) is 0 Å². The van der Waals surface area contributed by atoms with Crippen LogP contribution in [0.3, 0.4) is 0 Å². The second-order valence-electron chi connectivity index (χ2n) is 4.82. The summed E-state index contributed by atoms with van der Waals surface area (Å²) in [5, 5.41) is 0.0938. The van der Waals surface area contributed by atoms with Gasteiger partial charge in [-0.25, -0.2) is 0 Å². The van der Waals surface area contributed by atoms with Crippen molar-refractivity contribution in [1.29, 1.82) is 0 Å². The summed E-state index contributed by atoms with van der Waals surface area (Å²) in [6.45, 7) is 7.84. The van der Waals surface area contributed by atoms with Crippen LogP contribution in [0.15, 0.2) is 30.3 Å². The molecule has 0 aromatic heterocycles. The van der Waals surface area contributed by atoms with Gasteiger partial charge in [-0.2, -0.15) is 0 Å². The standard InChI is InChI=1S/C12H20BNO/c1-12(2,3)13(15-10-9-14)11-7-5-4-6-8-11/h4-8H,9-10,14H2,1-3H3. The fourth-order valence-corrected chi connectivity index (χ4v) is 1.66. The van der Waals surface area contributed by atoms with Crippen LogP contribution in [0, 0.1) is 0 Å². The van der Waals surface area contributed by atoms with Gasteiger partial charge in [0.15, 0.2) is 0 Å². The van der Waals surface area contributed by atoms with Crippen molar-refractivity contribution in [2.45, 2.75) is 26.1 Å². The molecule has 3 heteroatoms. The fraction of sp³-hybridized carbons (Fsp3) is 0.500. The quantitative estimate of drug-likeness (QED) is 0.758.